The minimum atomic E-state index is 0.826. The van der Waals surface area contributed by atoms with Gasteiger partial charge in [0.05, 0.1) is 0 Å². The summed E-state index contributed by atoms with van der Waals surface area (Å²) in [6.45, 7) is 10.5. The van der Waals surface area contributed by atoms with Gasteiger partial charge < -0.3 is 0 Å². The Morgan fingerprint density at radius 3 is 2.36 bits per heavy atom. The third kappa shape index (κ3) is 1.76. The summed E-state index contributed by atoms with van der Waals surface area (Å²) in [7, 11) is 0. The van der Waals surface area contributed by atoms with E-state index in [2.05, 4.69) is 32.6 Å². The maximum atomic E-state index is 2.64. The van der Waals surface area contributed by atoms with Crippen molar-refractivity contribution in [2.45, 2.75) is 52.6 Å². The van der Waals surface area contributed by atoms with Gasteiger partial charge in [0.1, 0.15) is 0 Å². The van der Waals surface area contributed by atoms with E-state index in [0.717, 1.165) is 18.0 Å². The van der Waals surface area contributed by atoms with E-state index in [1.54, 1.807) is 0 Å². The molecule has 11 heavy (non-hydrogen) atoms. The highest BCUT2D eigenvalue weighted by Gasteiger charge is 2.30. The normalized spacial score (nSPS) is 33.5. The second-order valence-electron chi connectivity index (χ2n) is 4.07. The van der Waals surface area contributed by atoms with Crippen LogP contribution in [-0.2, 0) is 0 Å². The lowest BCUT2D eigenvalue weighted by molar-refractivity contribution is 0.176. The Morgan fingerprint density at radius 2 is 2.00 bits per heavy atom. The fourth-order valence-electron chi connectivity index (χ4n) is 2.33. The predicted octanol–water partition coefficient (Wildman–Crippen LogP) is 2.52. The Balaban J connectivity index is 2.54. The largest absolute Gasteiger partial charge is 0.298 e. The first kappa shape index (κ1) is 9.05. The fourth-order valence-corrected chi connectivity index (χ4v) is 2.33. The van der Waals surface area contributed by atoms with Crippen molar-refractivity contribution in [1.82, 2.24) is 4.90 Å². The van der Waals surface area contributed by atoms with Crippen molar-refractivity contribution in [3.63, 3.8) is 0 Å². The Bertz CT molecular complexity index is 120. The monoisotopic (exact) mass is 155 g/mol. The van der Waals surface area contributed by atoms with Gasteiger partial charge in [-0.1, -0.05) is 20.8 Å². The molecule has 0 aliphatic carbocycles. The van der Waals surface area contributed by atoms with Crippen molar-refractivity contribution in [2.75, 3.05) is 6.54 Å². The van der Waals surface area contributed by atoms with Gasteiger partial charge in [-0.2, -0.15) is 0 Å². The van der Waals surface area contributed by atoms with Gasteiger partial charge in [-0.15, -0.1) is 0 Å². The SMILES string of the molecule is CCN1C(C)CCC1C(C)C. The average Bonchev–Trinajstić information content (AvgIpc) is 2.30. The second-order valence-corrected chi connectivity index (χ2v) is 4.07. The van der Waals surface area contributed by atoms with Crippen LogP contribution in [0.4, 0.5) is 0 Å². The molecule has 1 aliphatic heterocycles. The molecule has 0 spiro atoms. The number of likely N-dealkylation sites (tertiary alicyclic amines) is 1. The molecule has 0 aromatic rings. The molecule has 1 heterocycles. The van der Waals surface area contributed by atoms with Crippen LogP contribution in [0.2, 0.25) is 0 Å². The lowest BCUT2D eigenvalue weighted by atomic mass is 10.0. The molecule has 0 radical (unpaired) electrons. The lowest BCUT2D eigenvalue weighted by Gasteiger charge is -2.29. The van der Waals surface area contributed by atoms with E-state index in [1.807, 2.05) is 0 Å². The molecule has 2 atom stereocenters. The van der Waals surface area contributed by atoms with Crippen LogP contribution in [0.5, 0.6) is 0 Å². The van der Waals surface area contributed by atoms with E-state index in [0.29, 0.717) is 0 Å². The Labute approximate surface area is 70.8 Å². The van der Waals surface area contributed by atoms with Crippen LogP contribution < -0.4 is 0 Å². The molecule has 0 saturated carbocycles. The molecule has 0 amide bonds. The van der Waals surface area contributed by atoms with E-state index >= 15 is 0 Å². The van der Waals surface area contributed by atoms with Crippen molar-refractivity contribution in [1.29, 1.82) is 0 Å². The van der Waals surface area contributed by atoms with Gasteiger partial charge in [0.2, 0.25) is 0 Å². The van der Waals surface area contributed by atoms with Crippen molar-refractivity contribution in [3.8, 4) is 0 Å². The minimum absolute atomic E-state index is 0.826. The Morgan fingerprint density at radius 1 is 1.36 bits per heavy atom. The van der Waals surface area contributed by atoms with Crippen LogP contribution >= 0.6 is 0 Å². The Kier molecular flexibility index (Phi) is 2.94. The maximum Gasteiger partial charge on any atom is 0.0121 e. The smallest absolute Gasteiger partial charge is 0.0121 e. The molecule has 1 fully saturated rings. The number of rotatable bonds is 2. The molecule has 1 saturated heterocycles. The van der Waals surface area contributed by atoms with Crippen LogP contribution in [0.1, 0.15) is 40.5 Å². The number of nitrogens with zero attached hydrogens (tertiary/aromatic N) is 1. The first-order valence-electron chi connectivity index (χ1n) is 4.92. The molecular weight excluding hydrogens is 134 g/mol. The maximum absolute atomic E-state index is 2.64. The third-order valence-electron chi connectivity index (χ3n) is 3.01. The molecule has 1 rings (SSSR count). The molecular formula is C10H21N. The summed E-state index contributed by atoms with van der Waals surface area (Å²) >= 11 is 0. The first-order valence-corrected chi connectivity index (χ1v) is 4.92. The van der Waals surface area contributed by atoms with Gasteiger partial charge in [-0.3, -0.25) is 4.90 Å². The lowest BCUT2D eigenvalue weighted by Crippen LogP contribution is -2.37. The molecule has 0 aromatic carbocycles. The van der Waals surface area contributed by atoms with Crippen molar-refractivity contribution < 1.29 is 0 Å². The summed E-state index contributed by atoms with van der Waals surface area (Å²) in [5.41, 5.74) is 0. The molecule has 1 nitrogen and oxygen atoms in total. The zero-order valence-corrected chi connectivity index (χ0v) is 8.30. The molecule has 0 N–H and O–H groups in total. The molecule has 66 valence electrons. The standard InChI is InChI=1S/C10H21N/c1-5-11-9(4)6-7-10(11)8(2)3/h8-10H,5-7H2,1-4H3. The van der Waals surface area contributed by atoms with Crippen molar-refractivity contribution in [3.05, 3.63) is 0 Å². The van der Waals surface area contributed by atoms with Gasteiger partial charge >= 0.3 is 0 Å². The molecule has 0 bridgehead atoms. The summed E-state index contributed by atoms with van der Waals surface area (Å²) in [6, 6.07) is 1.68. The zero-order valence-electron chi connectivity index (χ0n) is 8.30. The predicted molar refractivity (Wildman–Crippen MR) is 49.7 cm³/mol. The third-order valence-corrected chi connectivity index (χ3v) is 3.01. The molecule has 1 heteroatoms. The minimum Gasteiger partial charge on any atom is -0.298 e. The van der Waals surface area contributed by atoms with E-state index in [9.17, 15) is 0 Å². The van der Waals surface area contributed by atoms with Crippen LogP contribution in [0.3, 0.4) is 0 Å². The van der Waals surface area contributed by atoms with Crippen LogP contribution in [-0.4, -0.2) is 23.5 Å². The summed E-state index contributed by atoms with van der Waals surface area (Å²) < 4.78 is 0. The molecule has 2 unspecified atom stereocenters. The molecule has 1 aliphatic rings. The van der Waals surface area contributed by atoms with E-state index in [4.69, 9.17) is 0 Å². The summed E-state index contributed by atoms with van der Waals surface area (Å²) in [6.07, 6.45) is 2.81. The van der Waals surface area contributed by atoms with Gasteiger partial charge in [-0.25, -0.2) is 0 Å². The van der Waals surface area contributed by atoms with E-state index in [1.165, 1.54) is 19.4 Å². The topological polar surface area (TPSA) is 3.24 Å². The van der Waals surface area contributed by atoms with Gasteiger partial charge in [-0.05, 0) is 32.2 Å². The number of hydrogen-bond acceptors (Lipinski definition) is 1. The highest BCUT2D eigenvalue weighted by atomic mass is 15.2. The van der Waals surface area contributed by atoms with Crippen LogP contribution in [0.25, 0.3) is 0 Å². The van der Waals surface area contributed by atoms with Crippen LogP contribution in [0, 0.1) is 5.92 Å². The fraction of sp³-hybridized carbons (Fsp3) is 1.00. The highest BCUT2D eigenvalue weighted by Crippen LogP contribution is 2.27. The summed E-state index contributed by atoms with van der Waals surface area (Å²) in [5, 5.41) is 0. The van der Waals surface area contributed by atoms with E-state index in [-0.39, 0.29) is 0 Å². The zero-order chi connectivity index (χ0) is 8.43. The second kappa shape index (κ2) is 3.57. The van der Waals surface area contributed by atoms with Crippen molar-refractivity contribution >= 4 is 0 Å². The van der Waals surface area contributed by atoms with E-state index < -0.39 is 0 Å². The first-order chi connectivity index (χ1) is 5.16. The average molecular weight is 155 g/mol. The van der Waals surface area contributed by atoms with Gasteiger partial charge in [0.25, 0.3) is 0 Å². The van der Waals surface area contributed by atoms with Gasteiger partial charge in [0, 0.05) is 12.1 Å². The summed E-state index contributed by atoms with van der Waals surface area (Å²) in [5.74, 6) is 0.833. The van der Waals surface area contributed by atoms with Gasteiger partial charge in [0.15, 0.2) is 0 Å². The van der Waals surface area contributed by atoms with Crippen molar-refractivity contribution in [2.24, 2.45) is 5.92 Å². The number of hydrogen-bond donors (Lipinski definition) is 0. The Hall–Kier alpha value is -0.0400. The quantitative estimate of drug-likeness (QED) is 0.592. The molecule has 0 aromatic heterocycles. The highest BCUT2D eigenvalue weighted by molar-refractivity contribution is 4.85. The summed E-state index contributed by atoms with van der Waals surface area (Å²) in [4.78, 5) is 2.64. The van der Waals surface area contributed by atoms with Crippen LogP contribution in [0.15, 0.2) is 0 Å².